The van der Waals surface area contributed by atoms with E-state index in [1.807, 2.05) is 0 Å². The van der Waals surface area contributed by atoms with Crippen LogP contribution in [-0.2, 0) is 161 Å². The molecule has 0 amide bonds. The summed E-state index contributed by atoms with van der Waals surface area (Å²) in [5.74, 6) is 1.63. The molecule has 12 unspecified atom stereocenters. The number of rotatable bonds is 31. The monoisotopic (exact) mass is 1370 g/mol. The van der Waals surface area contributed by atoms with Gasteiger partial charge in [0.1, 0.15) is 39.3 Å². The quantitative estimate of drug-likeness (QED) is 0.0102. The lowest BCUT2D eigenvalue weighted by atomic mass is 9.95. The maximum atomic E-state index is 8.98. The molecule has 58 heteroatoms. The van der Waals surface area contributed by atoms with Crippen LogP contribution >= 0.6 is 0 Å². The van der Waals surface area contributed by atoms with Crippen molar-refractivity contribution in [2.75, 3.05) is 78.5 Å². The second kappa shape index (κ2) is 90.7. The molecule has 12 atom stereocenters. The zero-order chi connectivity index (χ0) is 63.9. The number of thiol groups is 1. The SMILES string of the molecule is O=S([O-])O[O-].O=S([O-])O[O-].O=S([O-])O[O-].O=S([O-])O[O-].O=S([O-])O[O-].O=S([O-])O[O-].O=S([O-])O[O-].O=S([O-])O[O-].O=S([O-])O[O-].O=[SH+](O)O[O-].[NH3+]CCC(CC[NH3+])CC[NH+](CC[NH3+])CCC(CC[NH3+])CC[NH+](CC[NH3+])CC[NH3+]. The van der Waals surface area contributed by atoms with Crippen LogP contribution in [0.15, 0.2) is 0 Å². The van der Waals surface area contributed by atoms with Crippen molar-refractivity contribution in [3.05, 3.63) is 0 Å². The molecule has 0 bridgehead atoms. The lowest BCUT2D eigenvalue weighted by Gasteiger charge is -2.24. The van der Waals surface area contributed by atoms with Crippen LogP contribution in [-0.4, -0.2) is 162 Å². The van der Waals surface area contributed by atoms with Gasteiger partial charge in [0.05, 0.1) is 142 Å². The van der Waals surface area contributed by atoms with E-state index in [0.29, 0.717) is 0 Å². The topological polar surface area (TPSA) is 896 Å². The second-order valence-electron chi connectivity index (χ2n) is 11.3. The highest BCUT2D eigenvalue weighted by Crippen LogP contribution is 2.11. The molecule has 0 rings (SSSR count). The van der Waals surface area contributed by atoms with Gasteiger partial charge in [-0.2, -0.15) is 8.89 Å². The van der Waals surface area contributed by atoms with Gasteiger partial charge >= 0.3 is 11.4 Å². The highest BCUT2D eigenvalue weighted by atomic mass is 32.2. The smallest absolute Gasteiger partial charge is 0.332 e. The fourth-order valence-corrected chi connectivity index (χ4v) is 4.46. The van der Waals surface area contributed by atoms with Gasteiger partial charge in [0.2, 0.25) is 0 Å². The Balaban J connectivity index is -0.0000000810. The molecular formula is C20H60N8O40S10-10. The normalized spacial score (nSPS) is 14.6. The van der Waals surface area contributed by atoms with Gasteiger partial charge in [-0.15, -0.1) is 0 Å². The molecular weight excluding hydrogens is 1310 g/mol. The van der Waals surface area contributed by atoms with E-state index in [1.54, 1.807) is 9.80 Å². The molecule has 490 valence electrons. The van der Waals surface area contributed by atoms with Crippen molar-refractivity contribution >= 4 is 114 Å². The van der Waals surface area contributed by atoms with Gasteiger partial charge in [-0.25, -0.2) is 37.9 Å². The van der Waals surface area contributed by atoms with Gasteiger partial charge in [0.15, 0.2) is 0 Å². The van der Waals surface area contributed by atoms with Gasteiger partial charge in [0.25, 0.3) is 0 Å². The third-order valence-corrected chi connectivity index (χ3v) is 7.84. The molecule has 0 saturated carbocycles. The summed E-state index contributed by atoms with van der Waals surface area (Å²) >= 11 is -28.8. The van der Waals surface area contributed by atoms with Gasteiger partial charge < -0.3 is 177 Å². The summed E-state index contributed by atoms with van der Waals surface area (Å²) in [6.07, 6.45) is 7.77. The zero-order valence-electron chi connectivity index (χ0n) is 39.6. The Morgan fingerprint density at radius 1 is 0.321 bits per heavy atom. The molecule has 21 N–H and O–H groups in total. The Morgan fingerprint density at radius 3 is 0.551 bits per heavy atom. The lowest BCUT2D eigenvalue weighted by molar-refractivity contribution is -0.911. The highest BCUT2D eigenvalue weighted by molar-refractivity contribution is 7.75. The summed E-state index contributed by atoms with van der Waals surface area (Å²) < 4.78 is 200. The Kier molecular flexibility index (Phi) is 120. The molecule has 0 aromatic carbocycles. The van der Waals surface area contributed by atoms with Gasteiger partial charge in [-0.05, 0) is 54.6 Å². The fourth-order valence-electron chi connectivity index (χ4n) is 4.46. The average Bonchev–Trinajstić information content (AvgIpc) is 3.40. The van der Waals surface area contributed by atoms with Gasteiger partial charge in [0, 0.05) is 0 Å². The Labute approximate surface area is 468 Å². The predicted octanol–water partition coefficient (Wildman–Crippen LogP) is -27.2. The maximum absolute atomic E-state index is 8.98. The van der Waals surface area contributed by atoms with Crippen molar-refractivity contribution in [2.24, 2.45) is 11.8 Å². The first-order valence-corrected chi connectivity index (χ1v) is 28.9. The molecule has 0 heterocycles. The summed E-state index contributed by atoms with van der Waals surface area (Å²) in [5, 5.41) is 85.2. The number of nitrogens with one attached hydrogen (secondary N) is 2. The van der Waals surface area contributed by atoms with Crippen LogP contribution in [0.2, 0.25) is 0 Å². The first kappa shape index (κ1) is 103. The molecule has 0 fully saturated rings. The number of hydrogen-bond donors (Lipinski definition) is 9. The van der Waals surface area contributed by atoms with Crippen LogP contribution in [0, 0.1) is 11.8 Å². The number of quaternary nitrogens is 8. The standard InChI is InChI=1S/C20H50N8.10H2O4S/c21-7-1-19(2-8-22)4-13-27(16-10-24)14-5-20(3-9-23)6-15-28(17-11-25)18-12-26;10*1-4-5(2)3/h19-20H,1-18,21-26H2;10*1H,(H,2,3)/p-10. The second-order valence-corrected chi connectivity index (χ2v) is 16.9. The molecule has 0 aliphatic heterocycles. The molecule has 0 aromatic rings. The van der Waals surface area contributed by atoms with Crippen molar-refractivity contribution < 1.29 is 228 Å². The van der Waals surface area contributed by atoms with Crippen LogP contribution in [0.3, 0.4) is 0 Å². The van der Waals surface area contributed by atoms with Crippen LogP contribution in [0.1, 0.15) is 38.5 Å². The molecule has 0 aliphatic rings. The van der Waals surface area contributed by atoms with E-state index in [1.165, 1.54) is 77.8 Å². The van der Waals surface area contributed by atoms with E-state index >= 15 is 0 Å². The summed E-state index contributed by atoms with van der Waals surface area (Å²) in [6.45, 7) is 13.7. The first-order chi connectivity index (χ1) is 36.3. The molecule has 78 heavy (non-hydrogen) atoms. The van der Waals surface area contributed by atoms with Crippen molar-refractivity contribution in [3.63, 3.8) is 0 Å². The van der Waals surface area contributed by atoms with E-state index < -0.39 is 114 Å². The summed E-state index contributed by atoms with van der Waals surface area (Å²) in [7, 11) is 0. The molecule has 48 nitrogen and oxygen atoms in total. The lowest BCUT2D eigenvalue weighted by Crippen LogP contribution is -3.15. The molecule has 0 radical (unpaired) electrons. The van der Waals surface area contributed by atoms with Gasteiger partial charge in [-0.3, -0.25) is 0 Å². The predicted molar refractivity (Wildman–Crippen MR) is 216 cm³/mol. The van der Waals surface area contributed by atoms with Crippen molar-refractivity contribution in [2.45, 2.75) is 38.5 Å². The van der Waals surface area contributed by atoms with E-state index in [9.17, 15) is 0 Å². The highest BCUT2D eigenvalue weighted by Gasteiger charge is 2.19. The summed E-state index contributed by atoms with van der Waals surface area (Å²) in [6, 6.07) is 0. The molecule has 0 spiro atoms. The van der Waals surface area contributed by atoms with Crippen LogP contribution in [0.25, 0.3) is 0 Å². The Hall–Kier alpha value is -0.0200. The number of hydrogen-bond acceptors (Lipinski definition) is 39. The Bertz CT molecular complexity index is 1150. The Morgan fingerprint density at radius 2 is 0.449 bits per heavy atom. The zero-order valence-corrected chi connectivity index (χ0v) is 47.9. The molecule has 0 aliphatic carbocycles. The van der Waals surface area contributed by atoms with E-state index in [4.69, 9.17) is 140 Å². The molecule has 0 aromatic heterocycles. The average molecular weight is 1370 g/mol. The van der Waals surface area contributed by atoms with Gasteiger partial charge in [-0.1, -0.05) is 0 Å². The van der Waals surface area contributed by atoms with Crippen LogP contribution in [0.5, 0.6) is 0 Å². The third kappa shape index (κ3) is 152. The summed E-state index contributed by atoms with van der Waals surface area (Å²) in [4.78, 5) is 3.44. The van der Waals surface area contributed by atoms with Crippen molar-refractivity contribution in [3.8, 4) is 0 Å². The minimum absolute atomic E-state index is 0.813. The first-order valence-electron chi connectivity index (χ1n) is 18.8. The van der Waals surface area contributed by atoms with Crippen LogP contribution in [0.4, 0.5) is 0 Å². The minimum atomic E-state index is -2.90. The van der Waals surface area contributed by atoms with Crippen molar-refractivity contribution in [1.82, 2.24) is 0 Å². The maximum Gasteiger partial charge on any atom is 0.332 e. The minimum Gasteiger partial charge on any atom is -0.750 e. The van der Waals surface area contributed by atoms with E-state index in [-0.39, 0.29) is 0 Å². The van der Waals surface area contributed by atoms with E-state index in [0.717, 1.165) is 51.1 Å². The largest absolute Gasteiger partial charge is 0.750 e. The molecule has 0 saturated heterocycles. The summed E-state index contributed by atoms with van der Waals surface area (Å²) in [5.41, 5.74) is 24.5. The van der Waals surface area contributed by atoms with Crippen molar-refractivity contribution in [1.29, 1.82) is 0 Å². The van der Waals surface area contributed by atoms with Crippen LogP contribution < -0.4 is 96.8 Å². The third-order valence-electron chi connectivity index (χ3n) is 6.71. The van der Waals surface area contributed by atoms with E-state index in [2.05, 4.69) is 77.7 Å². The fraction of sp³-hybridized carbons (Fsp3) is 1.00.